The highest BCUT2D eigenvalue weighted by Gasteiger charge is 2.07. The van der Waals surface area contributed by atoms with Gasteiger partial charge in [-0.2, -0.15) is 0 Å². The topological polar surface area (TPSA) is 51.8 Å². The minimum atomic E-state index is 0.311. The lowest BCUT2D eigenvalue weighted by atomic mass is 9.96. The van der Waals surface area contributed by atoms with Gasteiger partial charge < -0.3 is 5.73 Å². The summed E-state index contributed by atoms with van der Waals surface area (Å²) in [7, 11) is 0. The highest BCUT2D eigenvalue weighted by molar-refractivity contribution is 5.94. The van der Waals surface area contributed by atoms with Crippen molar-refractivity contribution in [2.45, 2.75) is 19.8 Å². The number of nitrogen functional groups attached to an aromatic ring is 1. The predicted octanol–water partition coefficient (Wildman–Crippen LogP) is 4.00. The van der Waals surface area contributed by atoms with Crippen LogP contribution in [0.1, 0.15) is 25.3 Å². The molecule has 0 atom stereocenters. The molecule has 0 saturated heterocycles. The van der Waals surface area contributed by atoms with Crippen LogP contribution in [-0.2, 0) is 0 Å². The molecule has 0 bridgehead atoms. The van der Waals surface area contributed by atoms with Crippen LogP contribution in [-0.4, -0.2) is 9.97 Å². The van der Waals surface area contributed by atoms with Crippen LogP contribution in [0.2, 0.25) is 0 Å². The Balaban J connectivity index is 2.21. The Bertz CT molecular complexity index is 763. The number of aromatic nitrogens is 2. The van der Waals surface area contributed by atoms with E-state index in [0.29, 0.717) is 11.9 Å². The van der Waals surface area contributed by atoms with Crippen LogP contribution in [0, 0.1) is 0 Å². The van der Waals surface area contributed by atoms with E-state index < -0.39 is 0 Å². The van der Waals surface area contributed by atoms with Crippen molar-refractivity contribution in [1.29, 1.82) is 0 Å². The summed E-state index contributed by atoms with van der Waals surface area (Å²) < 4.78 is 0. The van der Waals surface area contributed by atoms with Crippen molar-refractivity contribution in [2.75, 3.05) is 5.73 Å². The quantitative estimate of drug-likeness (QED) is 0.760. The SMILES string of the molecule is CC(C)c1cccc(-c2cccc3nc(N)ncc23)c1. The number of nitrogens with two attached hydrogens (primary N) is 1. The van der Waals surface area contributed by atoms with Crippen molar-refractivity contribution in [2.24, 2.45) is 0 Å². The molecular formula is C17H17N3. The molecule has 2 aromatic carbocycles. The van der Waals surface area contributed by atoms with Crippen molar-refractivity contribution in [3.8, 4) is 11.1 Å². The smallest absolute Gasteiger partial charge is 0.220 e. The van der Waals surface area contributed by atoms with Crippen LogP contribution in [0.5, 0.6) is 0 Å². The molecule has 0 radical (unpaired) electrons. The summed E-state index contributed by atoms with van der Waals surface area (Å²) in [4.78, 5) is 8.40. The van der Waals surface area contributed by atoms with E-state index in [1.807, 2.05) is 12.1 Å². The average molecular weight is 263 g/mol. The second-order valence-corrected chi connectivity index (χ2v) is 5.25. The summed E-state index contributed by atoms with van der Waals surface area (Å²) in [5, 5.41) is 1.03. The molecule has 20 heavy (non-hydrogen) atoms. The van der Waals surface area contributed by atoms with Gasteiger partial charge in [-0.3, -0.25) is 0 Å². The van der Waals surface area contributed by atoms with Crippen molar-refractivity contribution < 1.29 is 0 Å². The Kier molecular flexibility index (Phi) is 3.11. The maximum Gasteiger partial charge on any atom is 0.220 e. The summed E-state index contributed by atoms with van der Waals surface area (Å²) >= 11 is 0. The van der Waals surface area contributed by atoms with Gasteiger partial charge in [-0.15, -0.1) is 0 Å². The van der Waals surface area contributed by atoms with Gasteiger partial charge in [0.2, 0.25) is 5.95 Å². The maximum atomic E-state index is 5.65. The largest absolute Gasteiger partial charge is 0.368 e. The zero-order chi connectivity index (χ0) is 14.1. The van der Waals surface area contributed by atoms with Crippen molar-refractivity contribution >= 4 is 16.9 Å². The van der Waals surface area contributed by atoms with Gasteiger partial charge in [0.15, 0.2) is 0 Å². The lowest BCUT2D eigenvalue weighted by Gasteiger charge is -2.10. The molecule has 0 fully saturated rings. The third-order valence-corrected chi connectivity index (χ3v) is 3.51. The maximum absolute atomic E-state index is 5.65. The first-order chi connectivity index (χ1) is 9.65. The number of rotatable bonds is 2. The van der Waals surface area contributed by atoms with Crippen LogP contribution >= 0.6 is 0 Å². The number of hydrogen-bond acceptors (Lipinski definition) is 3. The zero-order valence-electron chi connectivity index (χ0n) is 11.7. The number of benzene rings is 2. The monoisotopic (exact) mass is 263 g/mol. The van der Waals surface area contributed by atoms with Gasteiger partial charge in [-0.25, -0.2) is 9.97 Å². The Labute approximate surface area is 118 Å². The van der Waals surface area contributed by atoms with Crippen molar-refractivity contribution in [3.63, 3.8) is 0 Å². The molecule has 0 aliphatic carbocycles. The van der Waals surface area contributed by atoms with E-state index in [-0.39, 0.29) is 0 Å². The van der Waals surface area contributed by atoms with Gasteiger partial charge in [0.1, 0.15) is 0 Å². The fourth-order valence-corrected chi connectivity index (χ4v) is 2.39. The molecule has 0 saturated carbocycles. The molecule has 3 heteroatoms. The first kappa shape index (κ1) is 12.6. The molecule has 3 rings (SSSR count). The fourth-order valence-electron chi connectivity index (χ4n) is 2.39. The van der Waals surface area contributed by atoms with Gasteiger partial charge in [-0.05, 0) is 28.7 Å². The number of hydrogen-bond donors (Lipinski definition) is 1. The first-order valence-corrected chi connectivity index (χ1v) is 6.77. The molecule has 3 nitrogen and oxygen atoms in total. The van der Waals surface area contributed by atoms with Gasteiger partial charge >= 0.3 is 0 Å². The Morgan fingerprint density at radius 1 is 1.05 bits per heavy atom. The number of fused-ring (bicyclic) bond motifs is 1. The molecule has 1 aromatic heterocycles. The second kappa shape index (κ2) is 4.93. The van der Waals surface area contributed by atoms with Gasteiger partial charge in [0.05, 0.1) is 5.52 Å². The van der Waals surface area contributed by atoms with E-state index in [1.54, 1.807) is 6.20 Å². The minimum Gasteiger partial charge on any atom is -0.368 e. The van der Waals surface area contributed by atoms with Crippen LogP contribution < -0.4 is 5.73 Å². The van der Waals surface area contributed by atoms with E-state index in [1.165, 1.54) is 11.1 Å². The average Bonchev–Trinajstić information content (AvgIpc) is 2.46. The molecule has 0 aliphatic rings. The van der Waals surface area contributed by atoms with E-state index >= 15 is 0 Å². The van der Waals surface area contributed by atoms with Gasteiger partial charge in [0.25, 0.3) is 0 Å². The Morgan fingerprint density at radius 3 is 2.65 bits per heavy atom. The molecule has 0 amide bonds. The molecule has 100 valence electrons. The summed E-state index contributed by atoms with van der Waals surface area (Å²) in [6.45, 7) is 4.40. The molecule has 0 unspecified atom stereocenters. The molecule has 1 heterocycles. The predicted molar refractivity (Wildman–Crippen MR) is 83.5 cm³/mol. The summed E-state index contributed by atoms with van der Waals surface area (Å²) in [5.74, 6) is 0.822. The van der Waals surface area contributed by atoms with Crippen molar-refractivity contribution in [1.82, 2.24) is 9.97 Å². The number of nitrogens with zero attached hydrogens (tertiary/aromatic N) is 2. The van der Waals surface area contributed by atoms with Gasteiger partial charge in [0, 0.05) is 11.6 Å². The highest BCUT2D eigenvalue weighted by Crippen LogP contribution is 2.29. The lowest BCUT2D eigenvalue weighted by Crippen LogP contribution is -1.95. The van der Waals surface area contributed by atoms with E-state index in [0.717, 1.165) is 16.5 Å². The molecule has 0 spiro atoms. The first-order valence-electron chi connectivity index (χ1n) is 6.77. The standard InChI is InChI=1S/C17H17N3/c1-11(2)12-5-3-6-13(9-12)14-7-4-8-16-15(14)10-19-17(18)20-16/h3-11H,1-2H3,(H2,18,19,20). The van der Waals surface area contributed by atoms with E-state index in [9.17, 15) is 0 Å². The van der Waals surface area contributed by atoms with Crippen LogP contribution in [0.4, 0.5) is 5.95 Å². The second-order valence-electron chi connectivity index (χ2n) is 5.25. The summed E-state index contributed by atoms with van der Waals surface area (Å²) in [5.41, 5.74) is 10.2. The molecule has 3 aromatic rings. The fraction of sp³-hybridized carbons (Fsp3) is 0.176. The Hall–Kier alpha value is -2.42. The van der Waals surface area contributed by atoms with E-state index in [2.05, 4.69) is 54.1 Å². The third-order valence-electron chi connectivity index (χ3n) is 3.51. The third kappa shape index (κ3) is 2.23. The molecular weight excluding hydrogens is 246 g/mol. The van der Waals surface area contributed by atoms with Gasteiger partial charge in [-0.1, -0.05) is 50.2 Å². The van der Waals surface area contributed by atoms with Crippen LogP contribution in [0.25, 0.3) is 22.0 Å². The zero-order valence-corrected chi connectivity index (χ0v) is 11.7. The van der Waals surface area contributed by atoms with Crippen molar-refractivity contribution in [3.05, 3.63) is 54.2 Å². The highest BCUT2D eigenvalue weighted by atomic mass is 15.0. The minimum absolute atomic E-state index is 0.311. The normalized spacial score (nSPS) is 11.2. The van der Waals surface area contributed by atoms with E-state index in [4.69, 9.17) is 5.73 Å². The number of anilines is 1. The molecule has 0 aliphatic heterocycles. The summed E-state index contributed by atoms with van der Waals surface area (Å²) in [6, 6.07) is 14.7. The Morgan fingerprint density at radius 2 is 1.85 bits per heavy atom. The summed E-state index contributed by atoms with van der Waals surface area (Å²) in [6.07, 6.45) is 1.80. The molecule has 2 N–H and O–H groups in total. The van der Waals surface area contributed by atoms with Crippen LogP contribution in [0.3, 0.4) is 0 Å². The lowest BCUT2D eigenvalue weighted by molar-refractivity contribution is 0.867. The van der Waals surface area contributed by atoms with Crippen LogP contribution in [0.15, 0.2) is 48.7 Å².